The number of aromatic nitrogens is 2. The molecule has 1 unspecified atom stereocenters. The number of nitrogens with zero attached hydrogens (tertiary/aromatic N) is 2. The lowest BCUT2D eigenvalue weighted by molar-refractivity contribution is -0.192. The van der Waals surface area contributed by atoms with Crippen molar-refractivity contribution in [1.82, 2.24) is 20.0 Å². The van der Waals surface area contributed by atoms with Crippen molar-refractivity contribution >= 4 is 23.6 Å². The predicted octanol–water partition coefficient (Wildman–Crippen LogP) is 4.77. The van der Waals surface area contributed by atoms with Crippen molar-refractivity contribution in [1.29, 1.82) is 0 Å². The zero-order valence-corrected chi connectivity index (χ0v) is 21.9. The molecule has 1 atom stereocenters. The van der Waals surface area contributed by atoms with E-state index < -0.39 is 54.6 Å². The van der Waals surface area contributed by atoms with Crippen molar-refractivity contribution < 1.29 is 55.7 Å². The van der Waals surface area contributed by atoms with Crippen LogP contribution >= 0.6 is 0 Å². The van der Waals surface area contributed by atoms with E-state index >= 15 is 0 Å². The topological polar surface area (TPSA) is 142 Å². The normalized spacial score (nSPS) is 12.6. The number of imidazole rings is 1. The van der Waals surface area contributed by atoms with Crippen molar-refractivity contribution in [3.8, 4) is 5.75 Å². The predicted molar refractivity (Wildman–Crippen MR) is 131 cm³/mol. The summed E-state index contributed by atoms with van der Waals surface area (Å²) in [4.78, 5) is 37.3. The highest BCUT2D eigenvalue weighted by Crippen LogP contribution is 2.27. The maximum atomic E-state index is 14.0. The minimum atomic E-state index is -5.08. The molecule has 41 heavy (non-hydrogen) atoms. The number of fused-ring (bicyclic) bond motifs is 1. The number of carbonyl (C=O) groups is 3. The van der Waals surface area contributed by atoms with Gasteiger partial charge in [0.2, 0.25) is 0 Å². The molecule has 0 bridgehead atoms. The third kappa shape index (κ3) is 8.49. The van der Waals surface area contributed by atoms with Gasteiger partial charge in [0.15, 0.2) is 11.4 Å². The van der Waals surface area contributed by atoms with E-state index in [9.17, 15) is 35.9 Å². The van der Waals surface area contributed by atoms with Crippen molar-refractivity contribution in [2.24, 2.45) is 0 Å². The maximum Gasteiger partial charge on any atom is 0.490 e. The molecule has 0 aliphatic carbocycles. The largest absolute Gasteiger partial charge is 0.490 e. The van der Waals surface area contributed by atoms with Crippen LogP contribution in [-0.4, -0.2) is 55.8 Å². The molecule has 0 aliphatic heterocycles. The van der Waals surface area contributed by atoms with Gasteiger partial charge in [-0.25, -0.2) is 27.7 Å². The van der Waals surface area contributed by atoms with E-state index in [-0.39, 0.29) is 34.8 Å². The van der Waals surface area contributed by atoms with Crippen molar-refractivity contribution in [3.05, 3.63) is 64.6 Å². The van der Waals surface area contributed by atoms with Gasteiger partial charge in [0.1, 0.15) is 30.6 Å². The lowest BCUT2D eigenvalue weighted by atomic mass is 9.99. The first-order valence-electron chi connectivity index (χ1n) is 11.8. The first kappa shape index (κ1) is 32.7. The Morgan fingerprint density at radius 1 is 1.12 bits per heavy atom. The number of aryl methyl sites for hydroxylation is 1. The van der Waals surface area contributed by atoms with Crippen LogP contribution in [0.4, 0.5) is 31.1 Å². The molecule has 3 rings (SSSR count). The van der Waals surface area contributed by atoms with Gasteiger partial charge in [0.05, 0.1) is 16.8 Å². The number of pyridine rings is 1. The SMILES string of the molecule is CCC(C)(CNC(=O)c1c(C)nc2c(OCc3c(F)cccc3F)cc(CF)cn12)NC(=O)O.O=C(O)C(F)(F)F. The van der Waals surface area contributed by atoms with Crippen LogP contribution in [0.2, 0.25) is 0 Å². The second kappa shape index (κ2) is 13.2. The van der Waals surface area contributed by atoms with E-state index in [1.165, 1.54) is 22.7 Å². The van der Waals surface area contributed by atoms with Crippen LogP contribution in [0.25, 0.3) is 5.65 Å². The number of amides is 2. The molecule has 2 amide bonds. The Balaban J connectivity index is 0.000000745. The van der Waals surface area contributed by atoms with Crippen molar-refractivity contribution in [2.75, 3.05) is 6.54 Å². The highest BCUT2D eigenvalue weighted by atomic mass is 19.4. The quantitative estimate of drug-likeness (QED) is 0.262. The van der Waals surface area contributed by atoms with E-state index in [2.05, 4.69) is 15.6 Å². The summed E-state index contributed by atoms with van der Waals surface area (Å²) in [6.45, 7) is 3.66. The summed E-state index contributed by atoms with van der Waals surface area (Å²) in [6, 6.07) is 4.78. The highest BCUT2D eigenvalue weighted by molar-refractivity contribution is 5.95. The van der Waals surface area contributed by atoms with Crippen LogP contribution in [0.1, 0.15) is 47.6 Å². The Bertz CT molecular complexity index is 1410. The number of hydrogen-bond donors (Lipinski definition) is 4. The Hall–Kier alpha value is -4.50. The molecule has 224 valence electrons. The number of hydrogen-bond acceptors (Lipinski definition) is 5. The second-order valence-corrected chi connectivity index (χ2v) is 8.90. The second-order valence-electron chi connectivity index (χ2n) is 8.90. The molecular weight excluding hydrogens is 566 g/mol. The standard InChI is InChI=1S/C23H25F3N4O4.C2HF3O2/c1-4-23(3,29-22(32)33)12-27-21(31)19-13(2)28-20-18(8-14(9-24)10-30(19)20)34-11-15-16(25)6-5-7-17(15)26;3-2(4,5)1(6)7/h5-8,10,29H,4,9,11-12H2,1-3H3,(H,27,31)(H,32,33);(H,6,7). The third-order valence-corrected chi connectivity index (χ3v) is 5.79. The molecule has 0 aliphatic rings. The Morgan fingerprint density at radius 3 is 2.20 bits per heavy atom. The van der Waals surface area contributed by atoms with E-state index in [4.69, 9.17) is 19.7 Å². The van der Waals surface area contributed by atoms with Crippen LogP contribution in [0.5, 0.6) is 5.75 Å². The number of ether oxygens (including phenoxy) is 1. The van der Waals surface area contributed by atoms with Crippen LogP contribution in [-0.2, 0) is 18.1 Å². The lowest BCUT2D eigenvalue weighted by Crippen LogP contribution is -2.52. The molecule has 4 N–H and O–H groups in total. The van der Waals surface area contributed by atoms with Crippen LogP contribution in [0.15, 0.2) is 30.5 Å². The van der Waals surface area contributed by atoms with Crippen LogP contribution in [0.3, 0.4) is 0 Å². The fourth-order valence-corrected chi connectivity index (χ4v) is 3.43. The highest BCUT2D eigenvalue weighted by Gasteiger charge is 2.38. The van der Waals surface area contributed by atoms with Gasteiger partial charge in [0, 0.05) is 18.3 Å². The molecule has 0 saturated carbocycles. The summed E-state index contributed by atoms with van der Waals surface area (Å²) < 4.78 is 80.2. The van der Waals surface area contributed by atoms with Crippen molar-refractivity contribution in [2.45, 2.75) is 52.2 Å². The minimum Gasteiger partial charge on any atom is -0.485 e. The fraction of sp³-hybridized carbons (Fsp3) is 0.360. The molecule has 16 heteroatoms. The number of carboxylic acids is 1. The lowest BCUT2D eigenvalue weighted by Gasteiger charge is -2.28. The molecule has 0 radical (unpaired) electrons. The molecule has 2 heterocycles. The van der Waals surface area contributed by atoms with E-state index in [1.54, 1.807) is 20.8 Å². The molecule has 3 aromatic rings. The summed E-state index contributed by atoms with van der Waals surface area (Å²) in [5, 5.41) is 21.2. The molecule has 0 fully saturated rings. The van der Waals surface area contributed by atoms with Crippen molar-refractivity contribution in [3.63, 3.8) is 0 Å². The first-order valence-corrected chi connectivity index (χ1v) is 11.8. The number of carbonyl (C=O) groups excluding carboxylic acids is 1. The zero-order chi connectivity index (χ0) is 31.1. The number of carboxylic acid groups (broad SMARTS) is 2. The summed E-state index contributed by atoms with van der Waals surface area (Å²) in [7, 11) is 0. The number of nitrogens with one attached hydrogen (secondary N) is 2. The van der Waals surface area contributed by atoms with Gasteiger partial charge in [-0.05, 0) is 38.5 Å². The fourth-order valence-electron chi connectivity index (χ4n) is 3.43. The van der Waals surface area contributed by atoms with Gasteiger partial charge in [-0.2, -0.15) is 13.2 Å². The van der Waals surface area contributed by atoms with Crippen LogP contribution in [0, 0.1) is 18.6 Å². The zero-order valence-electron chi connectivity index (χ0n) is 21.9. The average Bonchev–Trinajstić information content (AvgIpc) is 3.22. The molecular formula is C25H26F6N4O6. The van der Waals surface area contributed by atoms with Gasteiger partial charge in [-0.15, -0.1) is 0 Å². The van der Waals surface area contributed by atoms with Gasteiger partial charge >= 0.3 is 18.2 Å². The third-order valence-electron chi connectivity index (χ3n) is 5.79. The Morgan fingerprint density at radius 2 is 1.71 bits per heavy atom. The number of aliphatic carboxylic acids is 1. The van der Waals surface area contributed by atoms with E-state index in [0.717, 1.165) is 12.1 Å². The van der Waals surface area contributed by atoms with E-state index in [0.29, 0.717) is 12.1 Å². The maximum absolute atomic E-state index is 14.0. The number of benzene rings is 1. The summed E-state index contributed by atoms with van der Waals surface area (Å²) in [5.41, 5.74) is -0.469. The molecule has 0 saturated heterocycles. The molecule has 1 aromatic carbocycles. The number of rotatable bonds is 9. The smallest absolute Gasteiger partial charge is 0.485 e. The summed E-state index contributed by atoms with van der Waals surface area (Å²) >= 11 is 0. The van der Waals surface area contributed by atoms with Gasteiger partial charge in [0.25, 0.3) is 5.91 Å². The summed E-state index contributed by atoms with van der Waals surface area (Å²) in [6.07, 6.45) is -4.50. The molecule has 2 aromatic heterocycles. The monoisotopic (exact) mass is 592 g/mol. The van der Waals surface area contributed by atoms with Gasteiger partial charge in [-0.3, -0.25) is 9.20 Å². The molecule has 0 spiro atoms. The number of alkyl halides is 4. The van der Waals surface area contributed by atoms with Gasteiger partial charge < -0.3 is 25.6 Å². The number of halogens is 6. The van der Waals surface area contributed by atoms with Crippen LogP contribution < -0.4 is 15.4 Å². The molecule has 10 nitrogen and oxygen atoms in total. The van der Waals surface area contributed by atoms with Gasteiger partial charge in [-0.1, -0.05) is 13.0 Å². The Labute approximate surface area is 228 Å². The summed E-state index contributed by atoms with van der Waals surface area (Å²) in [5.74, 6) is -4.84. The average molecular weight is 592 g/mol. The first-order chi connectivity index (χ1) is 19.0. The van der Waals surface area contributed by atoms with E-state index in [1.807, 2.05) is 0 Å². The minimum absolute atomic E-state index is 0.0000263. The Kier molecular flexibility index (Phi) is 10.6.